The maximum Gasteiger partial charge on any atom is 0.0654 e. The number of hydroxylamine groups is 1. The molecule has 0 bridgehead atoms. The van der Waals surface area contributed by atoms with Gasteiger partial charge < -0.3 is 9.82 Å². The number of hydrogen-bond acceptors (Lipinski definition) is 2. The van der Waals surface area contributed by atoms with Gasteiger partial charge in [0, 0.05) is 18.9 Å². The van der Waals surface area contributed by atoms with Gasteiger partial charge in [-0.1, -0.05) is 0 Å². The molecule has 0 unspecified atom stereocenters. The first-order valence-electron chi connectivity index (χ1n) is 3.40. The maximum absolute atomic E-state index is 4.94. The van der Waals surface area contributed by atoms with Gasteiger partial charge in [-0.25, -0.2) is 0 Å². The van der Waals surface area contributed by atoms with Crippen molar-refractivity contribution in [2.45, 2.75) is 13.5 Å². The van der Waals surface area contributed by atoms with Crippen molar-refractivity contribution in [2.24, 2.45) is 0 Å². The van der Waals surface area contributed by atoms with Crippen molar-refractivity contribution in [2.75, 3.05) is 6.61 Å². The number of aromatic amines is 1. The van der Waals surface area contributed by atoms with Crippen LogP contribution in [0.5, 0.6) is 0 Å². The average Bonchev–Trinajstić information content (AvgIpc) is 2.41. The lowest BCUT2D eigenvalue weighted by atomic mass is 10.3. The molecule has 0 radical (unpaired) electrons. The van der Waals surface area contributed by atoms with Crippen LogP contribution in [-0.4, -0.2) is 11.6 Å². The second kappa shape index (κ2) is 4.09. The molecule has 0 saturated carbocycles. The van der Waals surface area contributed by atoms with Gasteiger partial charge in [0.25, 0.3) is 0 Å². The molecule has 3 heteroatoms. The number of rotatable bonds is 4. The van der Waals surface area contributed by atoms with Gasteiger partial charge in [0.2, 0.25) is 0 Å². The molecule has 0 aromatic carbocycles. The van der Waals surface area contributed by atoms with E-state index in [-0.39, 0.29) is 0 Å². The van der Waals surface area contributed by atoms with Crippen LogP contribution in [0, 0.1) is 0 Å². The number of H-pyrrole nitrogens is 1. The third-order valence-electron chi connectivity index (χ3n) is 1.19. The highest BCUT2D eigenvalue weighted by Crippen LogP contribution is 1.93. The fourth-order valence-electron chi connectivity index (χ4n) is 0.705. The van der Waals surface area contributed by atoms with Crippen molar-refractivity contribution in [3.63, 3.8) is 0 Å². The average molecular weight is 140 g/mol. The molecule has 3 nitrogen and oxygen atoms in total. The predicted octanol–water partition coefficient (Wildman–Crippen LogP) is 1.06. The predicted molar refractivity (Wildman–Crippen MR) is 39.3 cm³/mol. The van der Waals surface area contributed by atoms with Gasteiger partial charge in [-0.15, -0.1) is 0 Å². The Bertz CT molecular complexity index is 160. The fraction of sp³-hybridized carbons (Fsp3) is 0.429. The van der Waals surface area contributed by atoms with Gasteiger partial charge in [-0.05, 0) is 18.6 Å². The largest absolute Gasteiger partial charge is 0.367 e. The Balaban J connectivity index is 2.15. The molecule has 56 valence electrons. The molecule has 0 fully saturated rings. The summed E-state index contributed by atoms with van der Waals surface area (Å²) in [6.07, 6.45) is 3.83. The van der Waals surface area contributed by atoms with Crippen molar-refractivity contribution in [3.05, 3.63) is 24.0 Å². The van der Waals surface area contributed by atoms with Crippen LogP contribution < -0.4 is 5.48 Å². The van der Waals surface area contributed by atoms with Gasteiger partial charge >= 0.3 is 0 Å². The van der Waals surface area contributed by atoms with E-state index in [0.717, 1.165) is 6.54 Å². The van der Waals surface area contributed by atoms with Gasteiger partial charge in [-0.3, -0.25) is 0 Å². The van der Waals surface area contributed by atoms with Gasteiger partial charge in [0.1, 0.15) is 0 Å². The fourth-order valence-corrected chi connectivity index (χ4v) is 0.705. The minimum absolute atomic E-state index is 0.699. The normalized spacial score (nSPS) is 10.1. The zero-order valence-electron chi connectivity index (χ0n) is 6.05. The summed E-state index contributed by atoms with van der Waals surface area (Å²) in [7, 11) is 0. The standard InChI is InChI=1S/C7H12N2O/c1-2-10-9-6-7-3-4-8-5-7/h3-5,8-9H,2,6H2,1H3. The minimum Gasteiger partial charge on any atom is -0.367 e. The Labute approximate surface area is 60.4 Å². The van der Waals surface area contributed by atoms with E-state index in [1.807, 2.05) is 25.4 Å². The summed E-state index contributed by atoms with van der Waals surface area (Å²) in [5, 5.41) is 0. The molecule has 0 atom stereocenters. The molecule has 0 aliphatic heterocycles. The van der Waals surface area contributed by atoms with Crippen molar-refractivity contribution in [1.29, 1.82) is 0 Å². The molecule has 10 heavy (non-hydrogen) atoms. The van der Waals surface area contributed by atoms with Crippen LogP contribution in [0.25, 0.3) is 0 Å². The molecule has 0 aliphatic carbocycles. The summed E-state index contributed by atoms with van der Waals surface area (Å²) in [6, 6.07) is 2.01. The first kappa shape index (κ1) is 7.31. The Morgan fingerprint density at radius 3 is 3.20 bits per heavy atom. The number of aromatic nitrogens is 1. The zero-order chi connectivity index (χ0) is 7.23. The van der Waals surface area contributed by atoms with E-state index >= 15 is 0 Å². The molecule has 1 heterocycles. The van der Waals surface area contributed by atoms with E-state index < -0.39 is 0 Å². The third kappa shape index (κ3) is 2.21. The summed E-state index contributed by atoms with van der Waals surface area (Å²) >= 11 is 0. The summed E-state index contributed by atoms with van der Waals surface area (Å²) in [6.45, 7) is 3.41. The maximum atomic E-state index is 4.94. The summed E-state index contributed by atoms with van der Waals surface area (Å²) in [5.74, 6) is 0. The third-order valence-corrected chi connectivity index (χ3v) is 1.19. The second-order valence-electron chi connectivity index (χ2n) is 1.97. The van der Waals surface area contributed by atoms with E-state index in [4.69, 9.17) is 4.84 Å². The molecule has 2 N–H and O–H groups in total. The molecule has 0 aliphatic rings. The van der Waals surface area contributed by atoms with Crippen LogP contribution in [0.2, 0.25) is 0 Å². The Kier molecular flexibility index (Phi) is 2.99. The summed E-state index contributed by atoms with van der Waals surface area (Å²) in [4.78, 5) is 7.90. The molecule has 0 saturated heterocycles. The van der Waals surface area contributed by atoms with E-state index in [1.54, 1.807) is 0 Å². The summed E-state index contributed by atoms with van der Waals surface area (Å²) in [5.41, 5.74) is 4.02. The quantitative estimate of drug-likeness (QED) is 0.484. The van der Waals surface area contributed by atoms with Crippen molar-refractivity contribution in [1.82, 2.24) is 10.5 Å². The molecular weight excluding hydrogens is 128 g/mol. The Morgan fingerprint density at radius 2 is 2.60 bits per heavy atom. The highest BCUT2D eigenvalue weighted by molar-refractivity contribution is 5.06. The lowest BCUT2D eigenvalue weighted by molar-refractivity contribution is 0.0463. The molecule has 1 aromatic rings. The Hall–Kier alpha value is -0.800. The summed E-state index contributed by atoms with van der Waals surface area (Å²) < 4.78 is 0. The molecule has 1 aromatic heterocycles. The van der Waals surface area contributed by atoms with E-state index in [1.165, 1.54) is 5.56 Å². The van der Waals surface area contributed by atoms with Crippen molar-refractivity contribution >= 4 is 0 Å². The minimum atomic E-state index is 0.699. The second-order valence-corrected chi connectivity index (χ2v) is 1.97. The molecular formula is C7H12N2O. The lowest BCUT2D eigenvalue weighted by Gasteiger charge is -1.99. The van der Waals surface area contributed by atoms with Gasteiger partial charge in [0.15, 0.2) is 0 Å². The van der Waals surface area contributed by atoms with E-state index in [0.29, 0.717) is 6.61 Å². The highest BCUT2D eigenvalue weighted by atomic mass is 16.6. The molecule has 1 rings (SSSR count). The van der Waals surface area contributed by atoms with E-state index in [2.05, 4.69) is 10.5 Å². The highest BCUT2D eigenvalue weighted by Gasteiger charge is 1.88. The van der Waals surface area contributed by atoms with Crippen LogP contribution in [0.3, 0.4) is 0 Å². The first-order chi connectivity index (χ1) is 4.93. The number of nitrogens with one attached hydrogen (secondary N) is 2. The van der Waals surface area contributed by atoms with Crippen LogP contribution in [0.1, 0.15) is 12.5 Å². The van der Waals surface area contributed by atoms with Gasteiger partial charge in [0.05, 0.1) is 6.61 Å². The van der Waals surface area contributed by atoms with Crippen LogP contribution in [0.4, 0.5) is 0 Å². The smallest absolute Gasteiger partial charge is 0.0654 e. The van der Waals surface area contributed by atoms with Crippen LogP contribution in [0.15, 0.2) is 18.5 Å². The Morgan fingerprint density at radius 1 is 1.70 bits per heavy atom. The number of hydrogen-bond donors (Lipinski definition) is 2. The van der Waals surface area contributed by atoms with Crippen LogP contribution in [-0.2, 0) is 11.4 Å². The molecule has 0 amide bonds. The molecule has 0 spiro atoms. The lowest BCUT2D eigenvalue weighted by Crippen LogP contribution is -2.12. The van der Waals surface area contributed by atoms with Crippen LogP contribution >= 0.6 is 0 Å². The monoisotopic (exact) mass is 140 g/mol. The van der Waals surface area contributed by atoms with Gasteiger partial charge in [-0.2, -0.15) is 5.48 Å². The zero-order valence-corrected chi connectivity index (χ0v) is 6.05. The van der Waals surface area contributed by atoms with Crippen molar-refractivity contribution < 1.29 is 4.84 Å². The SMILES string of the molecule is CCONCc1cc[nH]c1. The van der Waals surface area contributed by atoms with E-state index in [9.17, 15) is 0 Å². The van der Waals surface area contributed by atoms with Crippen molar-refractivity contribution in [3.8, 4) is 0 Å². The topological polar surface area (TPSA) is 37.0 Å². The first-order valence-corrected chi connectivity index (χ1v) is 3.40.